The zero-order chi connectivity index (χ0) is 15.0. The number of hydrogen-bond donors (Lipinski definition) is 0. The molecule has 0 heterocycles. The first-order chi connectivity index (χ1) is 9.60. The van der Waals surface area contributed by atoms with Crippen LogP contribution >= 0.6 is 0 Å². The molecule has 0 atom stereocenters. The minimum absolute atomic E-state index is 0.117. The Hall–Kier alpha value is -2.52. The zero-order valence-corrected chi connectivity index (χ0v) is 11.8. The lowest BCUT2D eigenvalue weighted by Gasteiger charge is -1.99. The van der Waals surface area contributed by atoms with Gasteiger partial charge in [-0.3, -0.25) is 4.79 Å². The molecule has 1 aromatic carbocycles. The molecule has 0 aliphatic heterocycles. The van der Waals surface area contributed by atoms with Crippen LogP contribution in [0.2, 0.25) is 0 Å². The molecule has 0 spiro atoms. The topological polar surface area (TPSA) is 75.1 Å². The summed E-state index contributed by atoms with van der Waals surface area (Å²) in [5, 5.41) is 3.73. The molecular formula is C15H17N3O2. The van der Waals surface area contributed by atoms with Gasteiger partial charge in [0.05, 0.1) is 0 Å². The highest BCUT2D eigenvalue weighted by molar-refractivity contribution is 6.68. The van der Waals surface area contributed by atoms with Crippen LogP contribution in [0, 0.1) is 5.92 Å². The molecule has 0 aliphatic rings. The van der Waals surface area contributed by atoms with E-state index in [1.165, 1.54) is 7.11 Å². The SMILES string of the molecule is CON=C(C=Cc1ccccc1)C(=[N+]=[N-])C(=O)C(C)C. The second-order valence-electron chi connectivity index (χ2n) is 4.37. The van der Waals surface area contributed by atoms with E-state index in [0.717, 1.165) is 5.56 Å². The van der Waals surface area contributed by atoms with Crippen LogP contribution in [0.3, 0.4) is 0 Å². The summed E-state index contributed by atoms with van der Waals surface area (Å²) in [4.78, 5) is 19.7. The number of ketones is 1. The number of allylic oxidation sites excluding steroid dienone is 1. The molecule has 0 saturated carbocycles. The number of nitrogens with zero attached hydrogens (tertiary/aromatic N) is 3. The van der Waals surface area contributed by atoms with Gasteiger partial charge in [0.1, 0.15) is 7.11 Å². The lowest BCUT2D eigenvalue weighted by atomic mass is 10.0. The van der Waals surface area contributed by atoms with Crippen molar-refractivity contribution in [1.29, 1.82) is 0 Å². The van der Waals surface area contributed by atoms with Crippen LogP contribution in [-0.2, 0) is 9.63 Å². The molecule has 0 N–H and O–H groups in total. The summed E-state index contributed by atoms with van der Waals surface area (Å²) in [5.74, 6) is -0.603. The summed E-state index contributed by atoms with van der Waals surface area (Å²) in [5.41, 5.74) is 10.0. The number of benzene rings is 1. The van der Waals surface area contributed by atoms with Gasteiger partial charge in [-0.25, -0.2) is 0 Å². The fraction of sp³-hybridized carbons (Fsp3) is 0.267. The molecule has 0 fully saturated rings. The van der Waals surface area contributed by atoms with E-state index in [2.05, 4.69) is 9.95 Å². The summed E-state index contributed by atoms with van der Waals surface area (Å²) in [6, 6.07) is 9.51. The fourth-order valence-corrected chi connectivity index (χ4v) is 1.49. The number of carbonyl (C=O) groups is 1. The Balaban J connectivity index is 3.07. The summed E-state index contributed by atoms with van der Waals surface area (Å²) < 4.78 is 0. The maximum absolute atomic E-state index is 11.9. The van der Waals surface area contributed by atoms with E-state index in [1.54, 1.807) is 26.0 Å². The molecule has 0 bridgehead atoms. The molecule has 0 unspecified atom stereocenters. The van der Waals surface area contributed by atoms with Crippen LogP contribution in [0.4, 0.5) is 0 Å². The highest BCUT2D eigenvalue weighted by atomic mass is 16.6. The van der Waals surface area contributed by atoms with Crippen molar-refractivity contribution in [2.45, 2.75) is 13.8 Å². The Kier molecular flexibility index (Phi) is 6.07. The first kappa shape index (κ1) is 15.5. The van der Waals surface area contributed by atoms with Gasteiger partial charge in [0.2, 0.25) is 5.78 Å². The van der Waals surface area contributed by atoms with Crippen molar-refractivity contribution in [1.82, 2.24) is 0 Å². The van der Waals surface area contributed by atoms with E-state index in [1.807, 2.05) is 30.3 Å². The Bertz CT molecular complexity index is 568. The number of carbonyl (C=O) groups excluding carboxylic acids is 1. The van der Waals surface area contributed by atoms with Crippen molar-refractivity contribution in [2.75, 3.05) is 7.11 Å². The normalized spacial score (nSPS) is 11.5. The molecule has 1 rings (SSSR count). The molecule has 5 nitrogen and oxygen atoms in total. The van der Waals surface area contributed by atoms with Gasteiger partial charge in [-0.2, -0.15) is 4.79 Å². The molecule has 0 amide bonds. The Morgan fingerprint density at radius 1 is 1.35 bits per heavy atom. The molecule has 0 radical (unpaired) electrons. The van der Waals surface area contributed by atoms with Crippen molar-refractivity contribution < 1.29 is 14.4 Å². The van der Waals surface area contributed by atoms with Crippen molar-refractivity contribution >= 4 is 23.3 Å². The Morgan fingerprint density at radius 3 is 2.50 bits per heavy atom. The zero-order valence-electron chi connectivity index (χ0n) is 11.8. The fourth-order valence-electron chi connectivity index (χ4n) is 1.49. The molecule has 1 aromatic rings. The maximum Gasteiger partial charge on any atom is 0.386 e. The molecule has 0 aromatic heterocycles. The smallest absolute Gasteiger partial charge is 0.386 e. The van der Waals surface area contributed by atoms with E-state index in [0.29, 0.717) is 0 Å². The summed E-state index contributed by atoms with van der Waals surface area (Å²) >= 11 is 0. The minimum atomic E-state index is -0.305. The highest BCUT2D eigenvalue weighted by Crippen LogP contribution is 2.04. The van der Waals surface area contributed by atoms with Crippen molar-refractivity contribution in [3.8, 4) is 0 Å². The Labute approximate surface area is 118 Å². The molecule has 5 heteroatoms. The summed E-state index contributed by atoms with van der Waals surface area (Å²) in [6.45, 7) is 3.44. The standard InChI is InChI=1S/C15H17N3O2/c1-11(2)15(19)14(17-16)13(18-20-3)10-9-12-7-5-4-6-8-12/h4-11H,1-3H3. The number of rotatable bonds is 6. The van der Waals surface area contributed by atoms with E-state index < -0.39 is 0 Å². The third-order valence-corrected chi connectivity index (χ3v) is 2.52. The van der Waals surface area contributed by atoms with Crippen LogP contribution in [0.1, 0.15) is 19.4 Å². The first-order valence-corrected chi connectivity index (χ1v) is 6.21. The van der Waals surface area contributed by atoms with Crippen LogP contribution in [0.15, 0.2) is 41.6 Å². The van der Waals surface area contributed by atoms with E-state index in [4.69, 9.17) is 10.4 Å². The third kappa shape index (κ3) is 4.30. The predicted molar refractivity (Wildman–Crippen MR) is 78.4 cm³/mol. The lowest BCUT2D eigenvalue weighted by molar-refractivity contribution is -0.119. The molecule has 104 valence electrons. The third-order valence-electron chi connectivity index (χ3n) is 2.52. The first-order valence-electron chi connectivity index (χ1n) is 6.21. The van der Waals surface area contributed by atoms with Crippen molar-refractivity contribution in [3.05, 3.63) is 47.5 Å². The molecule has 20 heavy (non-hydrogen) atoms. The highest BCUT2D eigenvalue weighted by Gasteiger charge is 2.28. The number of oxime groups is 1. The van der Waals surface area contributed by atoms with Gasteiger partial charge in [-0.05, 0) is 11.6 Å². The maximum atomic E-state index is 11.9. The van der Waals surface area contributed by atoms with E-state index in [9.17, 15) is 4.79 Å². The quantitative estimate of drug-likeness (QED) is 0.345. The van der Waals surface area contributed by atoms with Gasteiger partial charge >= 0.3 is 5.71 Å². The summed E-state index contributed by atoms with van der Waals surface area (Å²) in [6.07, 6.45) is 3.34. The average molecular weight is 271 g/mol. The minimum Gasteiger partial charge on any atom is -0.398 e. The van der Waals surface area contributed by atoms with Gasteiger partial charge < -0.3 is 10.4 Å². The molecule has 0 saturated heterocycles. The van der Waals surface area contributed by atoms with Gasteiger partial charge in [-0.15, -0.1) is 0 Å². The second-order valence-corrected chi connectivity index (χ2v) is 4.37. The van der Waals surface area contributed by atoms with Crippen molar-refractivity contribution in [3.63, 3.8) is 0 Å². The number of Topliss-reactive ketones (excluding diaryl/α,β-unsaturated/α-hetero) is 1. The van der Waals surface area contributed by atoms with Crippen LogP contribution < -0.4 is 0 Å². The predicted octanol–water partition coefficient (Wildman–Crippen LogP) is 2.60. The van der Waals surface area contributed by atoms with Crippen LogP contribution in [0.5, 0.6) is 0 Å². The largest absolute Gasteiger partial charge is 0.398 e. The molecule has 0 aliphatic carbocycles. The van der Waals surface area contributed by atoms with Gasteiger partial charge in [0.25, 0.3) is 0 Å². The van der Waals surface area contributed by atoms with Crippen LogP contribution in [-0.4, -0.2) is 29.1 Å². The average Bonchev–Trinajstić information content (AvgIpc) is 2.46. The summed E-state index contributed by atoms with van der Waals surface area (Å²) in [7, 11) is 1.37. The monoisotopic (exact) mass is 271 g/mol. The van der Waals surface area contributed by atoms with Gasteiger partial charge in [0, 0.05) is 5.92 Å². The van der Waals surface area contributed by atoms with Crippen LogP contribution in [0.25, 0.3) is 11.6 Å². The molecular weight excluding hydrogens is 254 g/mol. The Morgan fingerprint density at radius 2 is 2.00 bits per heavy atom. The van der Waals surface area contributed by atoms with Gasteiger partial charge in [0.15, 0.2) is 5.71 Å². The van der Waals surface area contributed by atoms with E-state index in [-0.39, 0.29) is 23.1 Å². The van der Waals surface area contributed by atoms with E-state index >= 15 is 0 Å². The lowest BCUT2D eigenvalue weighted by Crippen LogP contribution is -2.28. The second kappa shape index (κ2) is 7.81. The van der Waals surface area contributed by atoms with Crippen molar-refractivity contribution in [2.24, 2.45) is 11.1 Å². The number of hydrogen-bond acceptors (Lipinski definition) is 3. The van der Waals surface area contributed by atoms with Gasteiger partial charge in [-0.1, -0.05) is 55.4 Å².